The number of anilines is 1. The highest BCUT2D eigenvalue weighted by Crippen LogP contribution is 2.28. The van der Waals surface area contributed by atoms with Crippen molar-refractivity contribution in [2.24, 2.45) is 7.05 Å². The predicted molar refractivity (Wildman–Crippen MR) is 76.3 cm³/mol. The second kappa shape index (κ2) is 4.12. The Bertz CT molecular complexity index is 735. The number of aryl methyl sites for hydroxylation is 1. The van der Waals surface area contributed by atoms with Crippen molar-refractivity contribution in [1.29, 1.82) is 0 Å². The number of fused-ring (bicyclic) bond motifs is 1. The van der Waals surface area contributed by atoms with Crippen LogP contribution in [0.2, 0.25) is 0 Å². The Labute approximate surface area is 111 Å². The van der Waals surface area contributed by atoms with E-state index in [4.69, 9.17) is 5.73 Å². The number of nitrogen functional groups attached to an aromatic ring is 1. The van der Waals surface area contributed by atoms with E-state index in [9.17, 15) is 0 Å². The molecular weight excluding hydrogens is 238 g/mol. The van der Waals surface area contributed by atoms with Crippen molar-refractivity contribution in [2.75, 3.05) is 5.73 Å². The number of nitrogens with zero attached hydrogens (tertiary/aromatic N) is 4. The van der Waals surface area contributed by atoms with Crippen LogP contribution in [-0.2, 0) is 7.05 Å². The zero-order valence-corrected chi connectivity index (χ0v) is 11.3. The molecule has 0 fully saturated rings. The average Bonchev–Trinajstić information content (AvgIpc) is 2.91. The van der Waals surface area contributed by atoms with Gasteiger partial charge in [0.15, 0.2) is 5.82 Å². The van der Waals surface area contributed by atoms with Crippen molar-refractivity contribution in [1.82, 2.24) is 19.6 Å². The maximum Gasteiger partial charge on any atom is 0.175 e. The van der Waals surface area contributed by atoms with Crippen LogP contribution in [-0.4, -0.2) is 19.6 Å². The highest BCUT2D eigenvalue weighted by atomic mass is 15.4. The van der Waals surface area contributed by atoms with E-state index in [-0.39, 0.29) is 0 Å². The summed E-state index contributed by atoms with van der Waals surface area (Å²) in [5.74, 6) is 1.12. The Hall–Kier alpha value is -2.30. The molecule has 1 aromatic carbocycles. The molecule has 19 heavy (non-hydrogen) atoms. The third-order valence-corrected chi connectivity index (χ3v) is 3.31. The van der Waals surface area contributed by atoms with Gasteiger partial charge in [-0.15, -0.1) is 0 Å². The fourth-order valence-corrected chi connectivity index (χ4v) is 2.37. The van der Waals surface area contributed by atoms with Crippen LogP contribution in [0.5, 0.6) is 0 Å². The number of hydrogen-bond donors (Lipinski definition) is 1. The highest BCUT2D eigenvalue weighted by Gasteiger charge is 2.19. The number of rotatable bonds is 2. The van der Waals surface area contributed by atoms with Gasteiger partial charge < -0.3 is 5.73 Å². The molecular formula is C14H17N5. The smallest absolute Gasteiger partial charge is 0.175 e. The van der Waals surface area contributed by atoms with E-state index >= 15 is 0 Å². The zero-order valence-electron chi connectivity index (χ0n) is 11.3. The largest absolute Gasteiger partial charge is 0.394 e. The van der Waals surface area contributed by atoms with E-state index in [0.717, 1.165) is 22.4 Å². The molecule has 0 atom stereocenters. The van der Waals surface area contributed by atoms with Crippen molar-refractivity contribution < 1.29 is 0 Å². The summed E-state index contributed by atoms with van der Waals surface area (Å²) in [6.07, 6.45) is 1.84. The average molecular weight is 255 g/mol. The number of hydrogen-bond acceptors (Lipinski definition) is 3. The zero-order chi connectivity index (χ0) is 13.6. The summed E-state index contributed by atoms with van der Waals surface area (Å²) in [5.41, 5.74) is 8.89. The van der Waals surface area contributed by atoms with Crippen LogP contribution in [0.25, 0.3) is 16.7 Å². The summed E-state index contributed by atoms with van der Waals surface area (Å²) in [4.78, 5) is 0. The molecule has 0 aliphatic heterocycles. The molecule has 2 heterocycles. The van der Waals surface area contributed by atoms with Gasteiger partial charge in [-0.1, -0.05) is 32.0 Å². The third-order valence-electron chi connectivity index (χ3n) is 3.31. The Balaban J connectivity index is 2.27. The van der Waals surface area contributed by atoms with Gasteiger partial charge in [0.2, 0.25) is 0 Å². The molecule has 3 aromatic rings. The summed E-state index contributed by atoms with van der Waals surface area (Å²) in [7, 11) is 1.90. The second-order valence-electron chi connectivity index (χ2n) is 5.02. The topological polar surface area (TPSA) is 61.7 Å². The normalized spacial score (nSPS) is 11.6. The van der Waals surface area contributed by atoms with Crippen LogP contribution < -0.4 is 5.73 Å². The van der Waals surface area contributed by atoms with Crippen molar-refractivity contribution >= 4 is 16.6 Å². The Morgan fingerprint density at radius 3 is 2.63 bits per heavy atom. The maximum absolute atomic E-state index is 6.24. The molecule has 0 amide bonds. The molecule has 2 aromatic heterocycles. The number of benzene rings is 1. The minimum Gasteiger partial charge on any atom is -0.394 e. The highest BCUT2D eigenvalue weighted by molar-refractivity contribution is 5.81. The molecule has 3 rings (SSSR count). The van der Waals surface area contributed by atoms with Gasteiger partial charge >= 0.3 is 0 Å². The molecule has 5 heteroatoms. The van der Waals surface area contributed by atoms with Gasteiger partial charge in [-0.2, -0.15) is 10.2 Å². The minimum atomic E-state index is 0.293. The molecule has 5 nitrogen and oxygen atoms in total. The molecule has 0 unspecified atom stereocenters. The van der Waals surface area contributed by atoms with Crippen LogP contribution in [0.1, 0.15) is 25.5 Å². The van der Waals surface area contributed by atoms with Crippen LogP contribution in [0, 0.1) is 0 Å². The lowest BCUT2D eigenvalue weighted by Crippen LogP contribution is -2.06. The fraction of sp³-hybridized carbons (Fsp3) is 0.286. The predicted octanol–water partition coefficient (Wildman–Crippen LogP) is 2.46. The number of aromatic nitrogens is 4. The Morgan fingerprint density at radius 2 is 1.95 bits per heavy atom. The van der Waals surface area contributed by atoms with Gasteiger partial charge in [0.25, 0.3) is 0 Å². The van der Waals surface area contributed by atoms with Crippen molar-refractivity contribution in [3.8, 4) is 5.82 Å². The maximum atomic E-state index is 6.24. The van der Waals surface area contributed by atoms with E-state index in [2.05, 4.69) is 24.0 Å². The molecule has 0 saturated heterocycles. The summed E-state index contributed by atoms with van der Waals surface area (Å²) >= 11 is 0. The first-order valence-electron chi connectivity index (χ1n) is 6.35. The van der Waals surface area contributed by atoms with Gasteiger partial charge in [0.05, 0.1) is 17.4 Å². The van der Waals surface area contributed by atoms with Crippen LogP contribution >= 0.6 is 0 Å². The van der Waals surface area contributed by atoms with E-state index in [1.54, 1.807) is 4.68 Å². The monoisotopic (exact) mass is 255 g/mol. The molecule has 0 radical (unpaired) electrons. The Kier molecular flexibility index (Phi) is 2.55. The number of para-hydroxylation sites is 1. The van der Waals surface area contributed by atoms with Crippen LogP contribution in [0.15, 0.2) is 30.5 Å². The lowest BCUT2D eigenvalue weighted by molar-refractivity contribution is 0.682. The summed E-state index contributed by atoms with van der Waals surface area (Å²) < 4.78 is 3.65. The SMILES string of the molecule is CC(C)c1nn(C)c(-n2ncc3ccccc32)c1N. The van der Waals surface area contributed by atoms with E-state index in [1.165, 1.54) is 0 Å². The van der Waals surface area contributed by atoms with Crippen molar-refractivity contribution in [3.05, 3.63) is 36.2 Å². The molecule has 0 spiro atoms. The second-order valence-corrected chi connectivity index (χ2v) is 5.02. The van der Waals surface area contributed by atoms with Gasteiger partial charge in [-0.3, -0.25) is 0 Å². The number of nitrogens with two attached hydrogens (primary N) is 1. The first-order valence-corrected chi connectivity index (χ1v) is 6.35. The molecule has 0 bridgehead atoms. The summed E-state index contributed by atoms with van der Waals surface area (Å²) in [5, 5.41) is 10.0. The van der Waals surface area contributed by atoms with E-state index in [1.807, 2.05) is 42.2 Å². The van der Waals surface area contributed by atoms with Gasteiger partial charge in [-0.05, 0) is 12.0 Å². The van der Waals surface area contributed by atoms with Gasteiger partial charge in [0, 0.05) is 12.4 Å². The Morgan fingerprint density at radius 1 is 1.21 bits per heavy atom. The minimum absolute atomic E-state index is 0.293. The molecule has 98 valence electrons. The fourth-order valence-electron chi connectivity index (χ4n) is 2.37. The lowest BCUT2D eigenvalue weighted by Gasteiger charge is -2.05. The van der Waals surface area contributed by atoms with E-state index < -0.39 is 0 Å². The summed E-state index contributed by atoms with van der Waals surface area (Å²) in [6.45, 7) is 4.17. The van der Waals surface area contributed by atoms with Crippen LogP contribution in [0.3, 0.4) is 0 Å². The first-order chi connectivity index (χ1) is 9.09. The molecule has 0 saturated carbocycles. The first kappa shape index (κ1) is 11.8. The molecule has 0 aliphatic carbocycles. The molecule has 2 N–H and O–H groups in total. The summed E-state index contributed by atoms with van der Waals surface area (Å²) in [6, 6.07) is 8.06. The molecule has 0 aliphatic rings. The van der Waals surface area contributed by atoms with E-state index in [0.29, 0.717) is 11.6 Å². The van der Waals surface area contributed by atoms with Gasteiger partial charge in [-0.25, -0.2) is 9.36 Å². The third kappa shape index (κ3) is 1.69. The standard InChI is InChI=1S/C14H17N5/c1-9(2)13-12(15)14(18(3)17-13)19-11-7-5-4-6-10(11)8-16-19/h4-9H,15H2,1-3H3. The lowest BCUT2D eigenvalue weighted by atomic mass is 10.1. The van der Waals surface area contributed by atoms with Crippen molar-refractivity contribution in [2.45, 2.75) is 19.8 Å². The quantitative estimate of drug-likeness (QED) is 0.765. The van der Waals surface area contributed by atoms with Gasteiger partial charge in [0.1, 0.15) is 5.69 Å². The van der Waals surface area contributed by atoms with Crippen molar-refractivity contribution in [3.63, 3.8) is 0 Å². The van der Waals surface area contributed by atoms with Crippen LogP contribution in [0.4, 0.5) is 5.69 Å².